The molecule has 1 saturated heterocycles. The summed E-state index contributed by atoms with van der Waals surface area (Å²) in [5, 5.41) is 12.7. The van der Waals surface area contributed by atoms with Gasteiger partial charge in [0.2, 0.25) is 5.91 Å². The van der Waals surface area contributed by atoms with Crippen molar-refractivity contribution >= 4 is 39.9 Å². The second-order valence-electron chi connectivity index (χ2n) is 10.3. The minimum atomic E-state index is -0.0699. The van der Waals surface area contributed by atoms with Crippen molar-refractivity contribution in [2.24, 2.45) is 7.05 Å². The van der Waals surface area contributed by atoms with E-state index in [0.29, 0.717) is 71.0 Å². The van der Waals surface area contributed by atoms with Crippen molar-refractivity contribution in [3.05, 3.63) is 84.8 Å². The summed E-state index contributed by atoms with van der Waals surface area (Å²) in [7, 11) is 3.41. The second kappa shape index (κ2) is 12.6. The fourth-order valence-electron chi connectivity index (χ4n) is 5.04. The Kier molecular flexibility index (Phi) is 8.29. The second-order valence-corrected chi connectivity index (χ2v) is 10.7. The van der Waals surface area contributed by atoms with Gasteiger partial charge in [-0.15, -0.1) is 5.10 Å². The number of carbonyl (C=O) groups excluding carboxylic acids is 1. The van der Waals surface area contributed by atoms with Crippen LogP contribution in [0.4, 0.5) is 11.5 Å². The monoisotopic (exact) mass is 611 g/mol. The van der Waals surface area contributed by atoms with Crippen LogP contribution >= 0.6 is 11.6 Å². The summed E-state index contributed by atoms with van der Waals surface area (Å²) in [6, 6.07) is 16.7. The molecule has 12 heteroatoms. The minimum absolute atomic E-state index is 0.0644. The van der Waals surface area contributed by atoms with Gasteiger partial charge in [0.05, 0.1) is 29.5 Å². The van der Waals surface area contributed by atoms with Gasteiger partial charge in [0.25, 0.3) is 0 Å². The zero-order chi connectivity index (χ0) is 30.6. The van der Waals surface area contributed by atoms with E-state index < -0.39 is 0 Å². The number of nitrogens with one attached hydrogen (secondary N) is 1. The lowest BCUT2D eigenvalue weighted by molar-refractivity contribution is -0.127. The van der Waals surface area contributed by atoms with Crippen LogP contribution < -0.4 is 19.5 Å². The van der Waals surface area contributed by atoms with Gasteiger partial charge >= 0.3 is 0 Å². The highest BCUT2D eigenvalue weighted by Crippen LogP contribution is 2.38. The van der Waals surface area contributed by atoms with Gasteiger partial charge in [-0.3, -0.25) is 9.48 Å². The first-order chi connectivity index (χ1) is 21.4. The number of carbonyl (C=O) groups is 1. The van der Waals surface area contributed by atoms with E-state index in [2.05, 4.69) is 32.2 Å². The minimum Gasteiger partial charge on any atom is -0.493 e. The molecule has 0 saturated carbocycles. The molecule has 1 fully saturated rings. The fourth-order valence-corrected chi connectivity index (χ4v) is 5.26. The van der Waals surface area contributed by atoms with Gasteiger partial charge in [0.1, 0.15) is 35.4 Å². The number of halogens is 1. The van der Waals surface area contributed by atoms with E-state index >= 15 is 0 Å². The average Bonchev–Trinajstić information content (AvgIpc) is 3.48. The van der Waals surface area contributed by atoms with Crippen LogP contribution in [0, 0.1) is 0 Å². The number of hydrogen-bond donors (Lipinski definition) is 1. The van der Waals surface area contributed by atoms with Gasteiger partial charge in [-0.2, -0.15) is 0 Å². The molecule has 2 aromatic heterocycles. The zero-order valence-corrected chi connectivity index (χ0v) is 25.0. The van der Waals surface area contributed by atoms with E-state index in [4.69, 9.17) is 25.8 Å². The summed E-state index contributed by atoms with van der Waals surface area (Å²) in [6.07, 6.45) is 6.00. The van der Waals surface area contributed by atoms with Crippen molar-refractivity contribution in [1.82, 2.24) is 29.9 Å². The van der Waals surface area contributed by atoms with Crippen LogP contribution in [-0.4, -0.2) is 62.1 Å². The fraction of sp³-hybridized carbons (Fsp3) is 0.219. The van der Waals surface area contributed by atoms with Crippen molar-refractivity contribution in [2.45, 2.75) is 18.9 Å². The standard InChI is InChI=1S/C32H30ClN7O4/c1-4-31(41)40-12-10-21(11-13-40)44-30-16-24-27(17-29(30)42-3)34-19-35-32(24)36-26-9-8-23(15-25(26)33)43-22-7-5-6-20(14-22)28-18-39(2)38-37-28/h4-9,14-19,21H,1,10-13H2,2-3H3,(H,34,35,36). The van der Waals surface area contributed by atoms with Crippen LogP contribution in [0.15, 0.2) is 79.8 Å². The molecule has 3 heterocycles. The van der Waals surface area contributed by atoms with Crippen LogP contribution in [0.1, 0.15) is 12.8 Å². The molecule has 1 amide bonds. The SMILES string of the molecule is C=CC(=O)N1CCC(Oc2cc3c(Nc4ccc(Oc5cccc(-c6cn(C)nn6)c5)cc4Cl)ncnc3cc2OC)CC1. The van der Waals surface area contributed by atoms with Gasteiger partial charge in [-0.1, -0.05) is 35.5 Å². The molecule has 1 N–H and O–H groups in total. The van der Waals surface area contributed by atoms with Crippen molar-refractivity contribution in [3.8, 4) is 34.3 Å². The summed E-state index contributed by atoms with van der Waals surface area (Å²) >= 11 is 6.69. The zero-order valence-electron chi connectivity index (χ0n) is 24.2. The molecular formula is C32H30ClN7O4. The largest absolute Gasteiger partial charge is 0.493 e. The molecule has 0 unspecified atom stereocenters. The number of amides is 1. The molecule has 0 bridgehead atoms. The molecule has 6 rings (SSSR count). The predicted molar refractivity (Wildman–Crippen MR) is 168 cm³/mol. The summed E-state index contributed by atoms with van der Waals surface area (Å²) < 4.78 is 19.7. The Balaban J connectivity index is 1.20. The van der Waals surface area contributed by atoms with E-state index in [1.807, 2.05) is 61.8 Å². The van der Waals surface area contributed by atoms with Crippen molar-refractivity contribution < 1.29 is 19.0 Å². The third-order valence-corrected chi connectivity index (χ3v) is 7.62. The molecule has 1 aliphatic rings. The van der Waals surface area contributed by atoms with Crippen molar-refractivity contribution in [2.75, 3.05) is 25.5 Å². The quantitative estimate of drug-likeness (QED) is 0.195. The molecule has 1 aliphatic heterocycles. The molecule has 0 radical (unpaired) electrons. The van der Waals surface area contributed by atoms with Gasteiger partial charge in [-0.25, -0.2) is 9.97 Å². The number of rotatable bonds is 9. The maximum absolute atomic E-state index is 12.0. The Labute approximate surface area is 259 Å². The number of aromatic nitrogens is 5. The molecule has 0 aliphatic carbocycles. The number of likely N-dealkylation sites (tertiary alicyclic amines) is 1. The number of methoxy groups -OCH3 is 1. The molecule has 11 nitrogen and oxygen atoms in total. The normalized spacial score (nSPS) is 13.5. The van der Waals surface area contributed by atoms with E-state index in [1.54, 1.807) is 22.8 Å². The lowest BCUT2D eigenvalue weighted by Gasteiger charge is -2.31. The maximum Gasteiger partial charge on any atom is 0.245 e. The first-order valence-electron chi connectivity index (χ1n) is 14.0. The lowest BCUT2D eigenvalue weighted by atomic mass is 10.1. The molecule has 0 spiro atoms. The Bertz CT molecular complexity index is 1840. The topological polar surface area (TPSA) is 117 Å². The first kappa shape index (κ1) is 28.9. The highest BCUT2D eigenvalue weighted by molar-refractivity contribution is 6.33. The van der Waals surface area contributed by atoms with Crippen LogP contribution in [0.2, 0.25) is 5.02 Å². The van der Waals surface area contributed by atoms with Crippen LogP contribution in [0.25, 0.3) is 22.2 Å². The Hall–Kier alpha value is -5.16. The molecule has 224 valence electrons. The molecule has 0 atom stereocenters. The highest BCUT2D eigenvalue weighted by Gasteiger charge is 2.24. The maximum atomic E-state index is 12.0. The number of nitrogens with zero attached hydrogens (tertiary/aromatic N) is 6. The Morgan fingerprint density at radius 1 is 1.07 bits per heavy atom. The number of benzene rings is 3. The third-order valence-electron chi connectivity index (χ3n) is 7.30. The number of ether oxygens (including phenoxy) is 3. The molecule has 3 aromatic carbocycles. The van der Waals surface area contributed by atoms with Crippen LogP contribution in [-0.2, 0) is 11.8 Å². The smallest absolute Gasteiger partial charge is 0.245 e. The Morgan fingerprint density at radius 3 is 2.61 bits per heavy atom. The van der Waals surface area contributed by atoms with E-state index in [-0.39, 0.29) is 12.0 Å². The summed E-state index contributed by atoms with van der Waals surface area (Å²) in [6.45, 7) is 4.78. The van der Waals surface area contributed by atoms with Crippen LogP contribution in [0.5, 0.6) is 23.0 Å². The van der Waals surface area contributed by atoms with Gasteiger partial charge in [0, 0.05) is 56.1 Å². The number of piperidine rings is 1. The number of hydrogen-bond acceptors (Lipinski definition) is 9. The number of fused-ring (bicyclic) bond motifs is 1. The first-order valence-corrected chi connectivity index (χ1v) is 14.4. The number of anilines is 2. The summed E-state index contributed by atoms with van der Waals surface area (Å²) in [5.74, 6) is 2.85. The van der Waals surface area contributed by atoms with Gasteiger partial charge < -0.3 is 24.4 Å². The summed E-state index contributed by atoms with van der Waals surface area (Å²) in [4.78, 5) is 22.6. The van der Waals surface area contributed by atoms with E-state index in [1.165, 1.54) is 12.4 Å². The Morgan fingerprint density at radius 2 is 1.89 bits per heavy atom. The average molecular weight is 612 g/mol. The van der Waals surface area contributed by atoms with E-state index in [9.17, 15) is 4.79 Å². The van der Waals surface area contributed by atoms with Crippen molar-refractivity contribution in [3.63, 3.8) is 0 Å². The third kappa shape index (κ3) is 6.28. The molecule has 5 aromatic rings. The molecule has 44 heavy (non-hydrogen) atoms. The lowest BCUT2D eigenvalue weighted by Crippen LogP contribution is -2.41. The van der Waals surface area contributed by atoms with Crippen molar-refractivity contribution in [1.29, 1.82) is 0 Å². The molecular weight excluding hydrogens is 582 g/mol. The van der Waals surface area contributed by atoms with E-state index in [0.717, 1.165) is 16.6 Å². The summed E-state index contributed by atoms with van der Waals surface area (Å²) in [5.41, 5.74) is 2.97. The van der Waals surface area contributed by atoms with Crippen LogP contribution in [0.3, 0.4) is 0 Å². The highest BCUT2D eigenvalue weighted by atomic mass is 35.5. The predicted octanol–water partition coefficient (Wildman–Crippen LogP) is 6.18. The van der Waals surface area contributed by atoms with Gasteiger partial charge in [0.15, 0.2) is 11.5 Å². The number of aryl methyl sites for hydroxylation is 1. The van der Waals surface area contributed by atoms with Gasteiger partial charge in [-0.05, 0) is 36.4 Å².